The highest BCUT2D eigenvalue weighted by Crippen LogP contribution is 2.37. The number of amidine groups is 1. The number of esters is 1. The molecule has 2 aromatic rings. The standard InChI is InChI=1S/C27H33ClF2N4O4S/c1-4-38-26(37)22-19(15-34(13-11-29)20(9-10-21(35)36)27(2,3)16-30)32-24(25-31-12-14-39-25)33-23(22)17-7-5-6-8-18(17)28/h5-8,12,14,20,23H,4,9-11,13,15-16H2,1-3H3,(H,32,33)(H,35,36)/t20-,23+/m1/s1. The van der Waals surface area contributed by atoms with Crippen LogP contribution in [0.25, 0.3) is 0 Å². The highest BCUT2D eigenvalue weighted by atomic mass is 35.5. The van der Waals surface area contributed by atoms with E-state index in [2.05, 4.69) is 10.3 Å². The van der Waals surface area contributed by atoms with Crippen LogP contribution >= 0.6 is 22.9 Å². The van der Waals surface area contributed by atoms with E-state index in [-0.39, 0.29) is 38.1 Å². The van der Waals surface area contributed by atoms with E-state index in [9.17, 15) is 23.5 Å². The normalized spacial score (nSPS) is 16.6. The number of halogens is 3. The van der Waals surface area contributed by atoms with Crippen LogP contribution in [0.5, 0.6) is 0 Å². The lowest BCUT2D eigenvalue weighted by Crippen LogP contribution is -2.50. The van der Waals surface area contributed by atoms with Crippen LogP contribution in [0.1, 0.15) is 50.2 Å². The van der Waals surface area contributed by atoms with Gasteiger partial charge in [0.15, 0.2) is 10.8 Å². The summed E-state index contributed by atoms with van der Waals surface area (Å²) in [5.74, 6) is -1.27. The molecule has 0 saturated carbocycles. The van der Waals surface area contributed by atoms with Crippen molar-refractivity contribution in [2.45, 2.75) is 45.7 Å². The van der Waals surface area contributed by atoms with Crippen LogP contribution < -0.4 is 5.32 Å². The summed E-state index contributed by atoms with van der Waals surface area (Å²) in [4.78, 5) is 35.6. The molecule has 0 amide bonds. The van der Waals surface area contributed by atoms with E-state index in [1.807, 2.05) is 0 Å². The first-order valence-corrected chi connectivity index (χ1v) is 13.9. The van der Waals surface area contributed by atoms with Crippen LogP contribution in [0, 0.1) is 5.41 Å². The largest absolute Gasteiger partial charge is 0.481 e. The Morgan fingerprint density at radius 1 is 1.31 bits per heavy atom. The summed E-state index contributed by atoms with van der Waals surface area (Å²) in [6, 6.07) is 5.51. The third-order valence-corrected chi connectivity index (χ3v) is 7.63. The van der Waals surface area contributed by atoms with E-state index in [1.165, 1.54) is 11.3 Å². The fraction of sp³-hybridized carbons (Fsp3) is 0.481. The first-order valence-electron chi connectivity index (χ1n) is 12.6. The Morgan fingerprint density at radius 3 is 2.64 bits per heavy atom. The summed E-state index contributed by atoms with van der Waals surface area (Å²) in [5, 5.41) is 15.3. The van der Waals surface area contributed by atoms with Crippen LogP contribution in [0.15, 0.2) is 52.1 Å². The molecule has 0 radical (unpaired) electrons. The fourth-order valence-corrected chi connectivity index (χ4v) is 5.44. The zero-order chi connectivity index (χ0) is 28.6. The van der Waals surface area contributed by atoms with Crippen LogP contribution in [0.4, 0.5) is 8.78 Å². The third kappa shape index (κ3) is 7.61. The van der Waals surface area contributed by atoms with Crippen molar-refractivity contribution in [1.29, 1.82) is 0 Å². The van der Waals surface area contributed by atoms with Crippen molar-refractivity contribution >= 4 is 40.7 Å². The van der Waals surface area contributed by atoms with E-state index in [4.69, 9.17) is 21.3 Å². The van der Waals surface area contributed by atoms with E-state index in [0.29, 0.717) is 27.1 Å². The number of carboxylic acid groups (broad SMARTS) is 1. The number of aromatic nitrogens is 1. The van der Waals surface area contributed by atoms with E-state index < -0.39 is 42.8 Å². The van der Waals surface area contributed by atoms with Crippen molar-refractivity contribution in [2.75, 3.05) is 33.0 Å². The number of hydrogen-bond acceptors (Lipinski definition) is 8. The zero-order valence-electron chi connectivity index (χ0n) is 22.1. The summed E-state index contributed by atoms with van der Waals surface area (Å²) >= 11 is 7.89. The van der Waals surface area contributed by atoms with Crippen molar-refractivity contribution < 1.29 is 28.2 Å². The van der Waals surface area contributed by atoms with Gasteiger partial charge in [-0.15, -0.1) is 11.3 Å². The Morgan fingerprint density at radius 2 is 2.05 bits per heavy atom. The Hall–Kier alpha value is -2.89. The van der Waals surface area contributed by atoms with Gasteiger partial charge in [-0.05, 0) is 19.4 Å². The maximum absolute atomic E-state index is 14.2. The second-order valence-corrected chi connectivity index (χ2v) is 11.0. The molecule has 0 fully saturated rings. The average Bonchev–Trinajstić information content (AvgIpc) is 3.44. The molecular formula is C27H33ClF2N4O4S. The number of thiazole rings is 1. The number of aliphatic carboxylic acids is 1. The molecule has 0 unspecified atom stereocenters. The van der Waals surface area contributed by atoms with Crippen LogP contribution in [-0.4, -0.2) is 71.9 Å². The zero-order valence-corrected chi connectivity index (χ0v) is 23.7. The Kier molecular flexibility index (Phi) is 11.0. The minimum Gasteiger partial charge on any atom is -0.481 e. The lowest BCUT2D eigenvalue weighted by Gasteiger charge is -2.41. The van der Waals surface area contributed by atoms with Gasteiger partial charge in [-0.25, -0.2) is 14.2 Å². The van der Waals surface area contributed by atoms with E-state index >= 15 is 0 Å². The van der Waals surface area contributed by atoms with Crippen LogP contribution in [0.2, 0.25) is 5.02 Å². The SMILES string of the molecule is CCOC(=O)C1=C(CN(CCF)[C@H](CCC(=O)O)C(C)(C)CF)NC(c2nccs2)=N[C@H]1c1ccccc1Cl. The fourth-order valence-electron chi connectivity index (χ4n) is 4.61. The predicted molar refractivity (Wildman–Crippen MR) is 148 cm³/mol. The topological polar surface area (TPSA) is 104 Å². The number of nitrogens with one attached hydrogen (secondary N) is 1. The van der Waals surface area contributed by atoms with Gasteiger partial charge in [0.05, 0.1) is 18.9 Å². The van der Waals surface area contributed by atoms with Crippen molar-refractivity contribution in [3.63, 3.8) is 0 Å². The number of aliphatic imine (C=N–C) groups is 1. The molecule has 8 nitrogen and oxygen atoms in total. The molecule has 1 aliphatic rings. The van der Waals surface area contributed by atoms with Gasteiger partial charge in [0.1, 0.15) is 12.7 Å². The second kappa shape index (κ2) is 14.0. The van der Waals surface area contributed by atoms with Crippen molar-refractivity contribution in [2.24, 2.45) is 10.4 Å². The first kappa shape index (κ1) is 30.6. The molecule has 2 atom stereocenters. The number of ether oxygens (including phenoxy) is 1. The summed E-state index contributed by atoms with van der Waals surface area (Å²) in [6.07, 6.45) is 1.50. The second-order valence-electron chi connectivity index (χ2n) is 9.71. The predicted octanol–water partition coefficient (Wildman–Crippen LogP) is 5.21. The van der Waals surface area contributed by atoms with Gasteiger partial charge >= 0.3 is 11.9 Å². The molecule has 2 heterocycles. The smallest absolute Gasteiger partial charge is 0.338 e. The summed E-state index contributed by atoms with van der Waals surface area (Å²) < 4.78 is 33.5. The van der Waals surface area contributed by atoms with Gasteiger partial charge in [-0.3, -0.25) is 19.1 Å². The molecule has 1 aromatic heterocycles. The summed E-state index contributed by atoms with van der Waals surface area (Å²) in [7, 11) is 0. The molecule has 12 heteroatoms. The Bertz CT molecular complexity index is 1210. The molecule has 3 rings (SSSR count). The quantitative estimate of drug-likeness (QED) is 0.295. The number of rotatable bonds is 14. The third-order valence-electron chi connectivity index (χ3n) is 6.51. The monoisotopic (exact) mass is 582 g/mol. The number of carbonyl (C=O) groups is 2. The lowest BCUT2D eigenvalue weighted by molar-refractivity contribution is -0.139. The molecule has 0 spiro atoms. The summed E-state index contributed by atoms with van der Waals surface area (Å²) in [6.45, 7) is 3.53. The summed E-state index contributed by atoms with van der Waals surface area (Å²) in [5.41, 5.74) is 0.142. The molecule has 39 heavy (non-hydrogen) atoms. The van der Waals surface area contributed by atoms with Gasteiger partial charge in [0, 0.05) is 58.8 Å². The van der Waals surface area contributed by atoms with E-state index in [1.54, 1.807) is 61.5 Å². The van der Waals surface area contributed by atoms with Gasteiger partial charge in [0.2, 0.25) is 0 Å². The Balaban J connectivity index is 2.17. The minimum atomic E-state index is -1.03. The molecule has 1 aromatic carbocycles. The highest BCUT2D eigenvalue weighted by molar-refractivity contribution is 7.11. The molecule has 0 bridgehead atoms. The molecule has 212 valence electrons. The molecule has 1 aliphatic heterocycles. The first-order chi connectivity index (χ1) is 18.6. The Labute approximate surface area is 235 Å². The van der Waals surface area contributed by atoms with Crippen LogP contribution in [-0.2, 0) is 14.3 Å². The van der Waals surface area contributed by atoms with Gasteiger partial charge in [0.25, 0.3) is 0 Å². The maximum Gasteiger partial charge on any atom is 0.338 e. The maximum atomic E-state index is 14.2. The highest BCUT2D eigenvalue weighted by Gasteiger charge is 2.38. The van der Waals surface area contributed by atoms with Gasteiger partial charge in [-0.1, -0.05) is 43.6 Å². The number of hydrogen-bond donors (Lipinski definition) is 2. The average molecular weight is 583 g/mol. The van der Waals surface area contributed by atoms with Crippen LogP contribution in [0.3, 0.4) is 0 Å². The van der Waals surface area contributed by atoms with Crippen molar-refractivity contribution in [1.82, 2.24) is 15.2 Å². The molecular weight excluding hydrogens is 550 g/mol. The van der Waals surface area contributed by atoms with E-state index in [0.717, 1.165) is 0 Å². The molecule has 2 N–H and O–H groups in total. The van der Waals surface area contributed by atoms with Crippen molar-refractivity contribution in [3.8, 4) is 0 Å². The molecule has 0 saturated heterocycles. The number of nitrogens with zero attached hydrogens (tertiary/aromatic N) is 3. The van der Waals surface area contributed by atoms with Gasteiger partial charge < -0.3 is 15.2 Å². The lowest BCUT2D eigenvalue weighted by atomic mass is 9.81. The number of carbonyl (C=O) groups excluding carboxylic acids is 1. The number of carboxylic acids is 1. The minimum absolute atomic E-state index is 0.0167. The van der Waals surface area contributed by atoms with Crippen molar-refractivity contribution in [3.05, 3.63) is 62.7 Å². The number of alkyl halides is 2. The number of benzene rings is 1. The molecule has 0 aliphatic carbocycles. The van der Waals surface area contributed by atoms with Gasteiger partial charge in [-0.2, -0.15) is 0 Å².